The molecule has 122 valence electrons. The number of carbonyl (C=O) groups is 2. The number of thioether (sulfide) groups is 1. The molecule has 6 heteroatoms. The lowest BCUT2D eigenvalue weighted by Crippen LogP contribution is -2.48. The Balaban J connectivity index is 2.76. The minimum Gasteiger partial charge on any atom is -0.464 e. The predicted octanol–water partition coefficient (Wildman–Crippen LogP) is 2.15. The summed E-state index contributed by atoms with van der Waals surface area (Å²) in [5.41, 5.74) is 0. The summed E-state index contributed by atoms with van der Waals surface area (Å²) in [5.74, 6) is 0.916. The molecule has 5 nitrogen and oxygen atoms in total. The third-order valence-electron chi connectivity index (χ3n) is 3.15. The molecule has 2 unspecified atom stereocenters. The minimum absolute atomic E-state index is 0.00309. The van der Waals surface area contributed by atoms with Gasteiger partial charge in [0.25, 0.3) is 0 Å². The zero-order chi connectivity index (χ0) is 16.0. The Hall–Kier alpha value is -0.750. The van der Waals surface area contributed by atoms with Gasteiger partial charge in [0.05, 0.1) is 12.0 Å². The van der Waals surface area contributed by atoms with Gasteiger partial charge in [0.2, 0.25) is 5.91 Å². The molecule has 1 heterocycles. The van der Waals surface area contributed by atoms with Gasteiger partial charge in [-0.15, -0.1) is 11.8 Å². The Bertz CT molecular complexity index is 360. The van der Waals surface area contributed by atoms with E-state index in [1.54, 1.807) is 16.7 Å². The van der Waals surface area contributed by atoms with E-state index in [0.717, 1.165) is 6.42 Å². The van der Waals surface area contributed by atoms with Gasteiger partial charge in [0.15, 0.2) is 0 Å². The van der Waals surface area contributed by atoms with Gasteiger partial charge < -0.3 is 14.4 Å². The van der Waals surface area contributed by atoms with E-state index < -0.39 is 6.04 Å². The lowest BCUT2D eigenvalue weighted by Gasteiger charge is -2.29. The summed E-state index contributed by atoms with van der Waals surface area (Å²) in [6.07, 6.45) is 0.869. The molecule has 1 saturated heterocycles. The molecule has 1 fully saturated rings. The van der Waals surface area contributed by atoms with Crippen LogP contribution < -0.4 is 0 Å². The summed E-state index contributed by atoms with van der Waals surface area (Å²) in [6, 6.07) is -0.486. The highest BCUT2D eigenvalue weighted by Crippen LogP contribution is 2.34. The Labute approximate surface area is 131 Å². The van der Waals surface area contributed by atoms with Crippen molar-refractivity contribution in [1.82, 2.24) is 4.90 Å². The highest BCUT2D eigenvalue weighted by atomic mass is 32.2. The first-order valence-electron chi connectivity index (χ1n) is 7.45. The van der Waals surface area contributed by atoms with Crippen LogP contribution in [0.1, 0.15) is 34.1 Å². The molecule has 0 N–H and O–H groups in total. The molecule has 2 atom stereocenters. The Kier molecular flexibility index (Phi) is 7.52. The van der Waals surface area contributed by atoms with Crippen LogP contribution in [0.15, 0.2) is 0 Å². The van der Waals surface area contributed by atoms with Crippen molar-refractivity contribution in [3.8, 4) is 0 Å². The molecule has 0 aromatic carbocycles. The largest absolute Gasteiger partial charge is 0.464 e. The molecule has 0 aromatic heterocycles. The maximum absolute atomic E-state index is 12.3. The highest BCUT2D eigenvalue weighted by molar-refractivity contribution is 8.00. The molecule has 0 radical (unpaired) electrons. The van der Waals surface area contributed by atoms with Crippen LogP contribution in [0.4, 0.5) is 0 Å². The second kappa shape index (κ2) is 8.63. The maximum Gasteiger partial charge on any atom is 0.329 e. The van der Waals surface area contributed by atoms with E-state index in [0.29, 0.717) is 18.3 Å². The molecule has 0 spiro atoms. The van der Waals surface area contributed by atoms with E-state index in [9.17, 15) is 9.59 Å². The van der Waals surface area contributed by atoms with Gasteiger partial charge >= 0.3 is 5.97 Å². The first kappa shape index (κ1) is 18.3. The molecule has 1 aliphatic heterocycles. The fraction of sp³-hybridized carbons (Fsp3) is 0.867. The van der Waals surface area contributed by atoms with Crippen LogP contribution >= 0.6 is 11.8 Å². The number of esters is 1. The van der Waals surface area contributed by atoms with Crippen molar-refractivity contribution in [2.45, 2.75) is 45.5 Å². The SMILES string of the molecule is COCC(=O)N1C(CC(C)C)SCC1C(=O)OCC(C)C. The second-order valence-electron chi connectivity index (χ2n) is 6.19. The summed E-state index contributed by atoms with van der Waals surface area (Å²) >= 11 is 1.65. The molecule has 0 aliphatic carbocycles. The number of carbonyl (C=O) groups excluding carboxylic acids is 2. The van der Waals surface area contributed by atoms with Crippen LogP contribution in [-0.4, -0.2) is 54.3 Å². The van der Waals surface area contributed by atoms with Crippen molar-refractivity contribution in [2.75, 3.05) is 26.1 Å². The monoisotopic (exact) mass is 317 g/mol. The van der Waals surface area contributed by atoms with Gasteiger partial charge in [-0.3, -0.25) is 4.79 Å². The van der Waals surface area contributed by atoms with Crippen LogP contribution in [0, 0.1) is 11.8 Å². The van der Waals surface area contributed by atoms with E-state index in [1.165, 1.54) is 7.11 Å². The number of nitrogens with zero attached hydrogens (tertiary/aromatic N) is 1. The van der Waals surface area contributed by atoms with Crippen molar-refractivity contribution in [3.05, 3.63) is 0 Å². The van der Waals surface area contributed by atoms with Crippen LogP contribution in [0.5, 0.6) is 0 Å². The van der Waals surface area contributed by atoms with Gasteiger partial charge in [-0.05, 0) is 18.3 Å². The van der Waals surface area contributed by atoms with Crippen LogP contribution in [0.2, 0.25) is 0 Å². The molecule has 1 aliphatic rings. The Morgan fingerprint density at radius 3 is 2.43 bits per heavy atom. The average Bonchev–Trinajstić information content (AvgIpc) is 2.79. The maximum atomic E-state index is 12.3. The zero-order valence-electron chi connectivity index (χ0n) is 13.6. The number of hydrogen-bond acceptors (Lipinski definition) is 5. The van der Waals surface area contributed by atoms with Crippen molar-refractivity contribution in [3.63, 3.8) is 0 Å². The molecular weight excluding hydrogens is 290 g/mol. The van der Waals surface area contributed by atoms with Crippen LogP contribution in [-0.2, 0) is 19.1 Å². The van der Waals surface area contributed by atoms with E-state index in [2.05, 4.69) is 13.8 Å². The van der Waals surface area contributed by atoms with E-state index in [1.807, 2.05) is 13.8 Å². The predicted molar refractivity (Wildman–Crippen MR) is 84.0 cm³/mol. The van der Waals surface area contributed by atoms with Crippen molar-refractivity contribution in [1.29, 1.82) is 0 Å². The number of methoxy groups -OCH3 is 1. The van der Waals surface area contributed by atoms with Gasteiger partial charge in [-0.1, -0.05) is 27.7 Å². The fourth-order valence-corrected chi connectivity index (χ4v) is 3.85. The summed E-state index contributed by atoms with van der Waals surface area (Å²) in [5, 5.41) is 0.0317. The quantitative estimate of drug-likeness (QED) is 0.673. The number of hydrogen-bond donors (Lipinski definition) is 0. The van der Waals surface area contributed by atoms with Gasteiger partial charge in [0.1, 0.15) is 12.6 Å². The summed E-state index contributed by atoms with van der Waals surface area (Å²) in [6.45, 7) is 8.61. The van der Waals surface area contributed by atoms with E-state index in [4.69, 9.17) is 9.47 Å². The van der Waals surface area contributed by atoms with Crippen molar-refractivity contribution < 1.29 is 19.1 Å². The number of ether oxygens (including phenoxy) is 2. The van der Waals surface area contributed by atoms with Gasteiger partial charge in [0, 0.05) is 12.9 Å². The summed E-state index contributed by atoms with van der Waals surface area (Å²) in [7, 11) is 1.49. The van der Waals surface area contributed by atoms with E-state index in [-0.39, 0.29) is 29.8 Å². The standard InChI is InChI=1S/C15H27NO4S/c1-10(2)6-14-16(13(17)8-19-5)12(9-21-14)15(18)20-7-11(3)4/h10-12,14H,6-9H2,1-5H3. The fourth-order valence-electron chi connectivity index (χ4n) is 2.21. The summed E-state index contributed by atoms with van der Waals surface area (Å²) < 4.78 is 10.3. The molecular formula is C15H27NO4S. The minimum atomic E-state index is -0.486. The average molecular weight is 317 g/mol. The number of rotatable bonds is 7. The molecule has 21 heavy (non-hydrogen) atoms. The molecule has 1 amide bonds. The lowest BCUT2D eigenvalue weighted by molar-refractivity contribution is -0.156. The van der Waals surface area contributed by atoms with Crippen LogP contribution in [0.3, 0.4) is 0 Å². The highest BCUT2D eigenvalue weighted by Gasteiger charge is 2.42. The smallest absolute Gasteiger partial charge is 0.329 e. The first-order chi connectivity index (χ1) is 9.86. The molecule has 0 aromatic rings. The summed E-state index contributed by atoms with van der Waals surface area (Å²) in [4.78, 5) is 26.2. The normalized spacial score (nSPS) is 22.1. The lowest BCUT2D eigenvalue weighted by atomic mass is 10.1. The second-order valence-corrected chi connectivity index (χ2v) is 7.40. The van der Waals surface area contributed by atoms with Crippen molar-refractivity contribution >= 4 is 23.6 Å². The topological polar surface area (TPSA) is 55.8 Å². The Morgan fingerprint density at radius 1 is 1.24 bits per heavy atom. The van der Waals surface area contributed by atoms with Crippen LogP contribution in [0.25, 0.3) is 0 Å². The first-order valence-corrected chi connectivity index (χ1v) is 8.50. The molecule has 1 rings (SSSR count). The van der Waals surface area contributed by atoms with Crippen molar-refractivity contribution in [2.24, 2.45) is 11.8 Å². The zero-order valence-corrected chi connectivity index (χ0v) is 14.4. The number of amides is 1. The Morgan fingerprint density at radius 2 is 1.90 bits per heavy atom. The molecule has 0 bridgehead atoms. The molecule has 0 saturated carbocycles. The van der Waals surface area contributed by atoms with E-state index >= 15 is 0 Å². The van der Waals surface area contributed by atoms with Gasteiger partial charge in [-0.25, -0.2) is 4.79 Å². The van der Waals surface area contributed by atoms with Gasteiger partial charge in [-0.2, -0.15) is 0 Å². The third-order valence-corrected chi connectivity index (χ3v) is 4.46. The third kappa shape index (κ3) is 5.51.